The predicted molar refractivity (Wildman–Crippen MR) is 71.1 cm³/mol. The van der Waals surface area contributed by atoms with Crippen LogP contribution in [0.2, 0.25) is 0 Å². The molecule has 0 radical (unpaired) electrons. The lowest BCUT2D eigenvalue weighted by Gasteiger charge is -2.15. The van der Waals surface area contributed by atoms with Crippen LogP contribution in [0.3, 0.4) is 0 Å². The van der Waals surface area contributed by atoms with E-state index >= 15 is 0 Å². The van der Waals surface area contributed by atoms with Gasteiger partial charge in [-0.25, -0.2) is 0 Å². The van der Waals surface area contributed by atoms with E-state index in [4.69, 9.17) is 9.47 Å². The lowest BCUT2D eigenvalue weighted by Crippen LogP contribution is -2.24. The van der Waals surface area contributed by atoms with Crippen LogP contribution >= 0.6 is 0 Å². The molecule has 0 bridgehead atoms. The van der Waals surface area contributed by atoms with Gasteiger partial charge in [-0.05, 0) is 26.4 Å². The molecule has 0 spiro atoms. The Bertz CT molecular complexity index is 110. The van der Waals surface area contributed by atoms with Crippen molar-refractivity contribution in [1.29, 1.82) is 0 Å². The molecule has 3 heteroatoms. The highest BCUT2D eigenvalue weighted by atomic mass is 16.5. The van der Waals surface area contributed by atoms with Crippen LogP contribution in [0.25, 0.3) is 0 Å². The maximum absolute atomic E-state index is 5.46. The Morgan fingerprint density at radius 2 is 1.62 bits per heavy atom. The number of hydrogen-bond donors (Lipinski definition) is 0. The van der Waals surface area contributed by atoms with Gasteiger partial charge in [-0.1, -0.05) is 27.2 Å². The average molecular weight is 233 g/mol. The Balaban J connectivity index is 0. The third-order valence-corrected chi connectivity index (χ3v) is 2.15. The second kappa shape index (κ2) is 17.3. The number of hydrogen-bond acceptors (Lipinski definition) is 3. The highest BCUT2D eigenvalue weighted by molar-refractivity contribution is 4.49. The molecule has 100 valence electrons. The fraction of sp³-hybridized carbons (Fsp3) is 1.00. The van der Waals surface area contributed by atoms with Gasteiger partial charge in [0.25, 0.3) is 0 Å². The third kappa shape index (κ3) is 16.3. The van der Waals surface area contributed by atoms with E-state index in [0.717, 1.165) is 32.8 Å². The molecule has 0 fully saturated rings. The molecule has 0 aromatic heterocycles. The summed E-state index contributed by atoms with van der Waals surface area (Å²) in [5, 5.41) is 0. The first-order valence-electron chi connectivity index (χ1n) is 6.56. The van der Waals surface area contributed by atoms with Crippen LogP contribution < -0.4 is 0 Å². The minimum absolute atomic E-state index is 0.797. The van der Waals surface area contributed by atoms with Crippen molar-refractivity contribution in [2.75, 3.05) is 47.1 Å². The van der Waals surface area contributed by atoms with Crippen LogP contribution in [0.1, 0.15) is 40.0 Å². The second-order valence-electron chi connectivity index (χ2n) is 3.62. The van der Waals surface area contributed by atoms with E-state index in [1.54, 1.807) is 7.11 Å². The van der Waals surface area contributed by atoms with Gasteiger partial charge in [0, 0.05) is 26.9 Å². The summed E-state index contributed by atoms with van der Waals surface area (Å²) in [7, 11) is 3.87. The molecule has 0 aliphatic carbocycles. The zero-order valence-corrected chi connectivity index (χ0v) is 11.9. The summed E-state index contributed by atoms with van der Waals surface area (Å²) >= 11 is 0. The molecule has 0 aromatic carbocycles. The van der Waals surface area contributed by atoms with Gasteiger partial charge in [-0.2, -0.15) is 0 Å². The van der Waals surface area contributed by atoms with Gasteiger partial charge in [0.2, 0.25) is 0 Å². The molecule has 0 saturated carbocycles. The van der Waals surface area contributed by atoms with Crippen molar-refractivity contribution in [2.45, 2.75) is 40.0 Å². The Labute approximate surface area is 102 Å². The van der Waals surface area contributed by atoms with E-state index in [1.807, 2.05) is 13.8 Å². The van der Waals surface area contributed by atoms with E-state index < -0.39 is 0 Å². The Hall–Kier alpha value is -0.120. The fourth-order valence-corrected chi connectivity index (χ4v) is 1.17. The smallest absolute Gasteiger partial charge is 0.0593 e. The van der Waals surface area contributed by atoms with Crippen LogP contribution in [0, 0.1) is 0 Å². The SMILES string of the molecule is CC.CCCCN(C)CCOCCCOC. The van der Waals surface area contributed by atoms with Crippen molar-refractivity contribution in [1.82, 2.24) is 4.90 Å². The lowest BCUT2D eigenvalue weighted by atomic mass is 10.3. The molecule has 0 aromatic rings. The molecule has 0 rings (SSSR count). The van der Waals surface area contributed by atoms with E-state index in [1.165, 1.54) is 19.4 Å². The molecular formula is C13H31NO2. The number of unbranched alkanes of at least 4 members (excludes halogenated alkanes) is 1. The standard InChI is InChI=1S/C11H25NO2.C2H6/c1-4-5-7-12(2)8-11-14-10-6-9-13-3;1-2/h4-11H2,1-3H3;1-2H3. The van der Waals surface area contributed by atoms with Gasteiger partial charge in [0.15, 0.2) is 0 Å². The van der Waals surface area contributed by atoms with Crippen molar-refractivity contribution in [3.8, 4) is 0 Å². The monoisotopic (exact) mass is 233 g/mol. The van der Waals surface area contributed by atoms with E-state index in [0.29, 0.717) is 0 Å². The summed E-state index contributed by atoms with van der Waals surface area (Å²) in [5.41, 5.74) is 0. The first-order chi connectivity index (χ1) is 7.81. The summed E-state index contributed by atoms with van der Waals surface area (Å²) in [5.74, 6) is 0. The van der Waals surface area contributed by atoms with Gasteiger partial charge in [0.1, 0.15) is 0 Å². The maximum atomic E-state index is 5.46. The number of methoxy groups -OCH3 is 1. The minimum atomic E-state index is 0.797. The summed E-state index contributed by atoms with van der Waals surface area (Å²) in [6, 6.07) is 0. The fourth-order valence-electron chi connectivity index (χ4n) is 1.17. The van der Waals surface area contributed by atoms with Crippen LogP contribution in [-0.4, -0.2) is 52.0 Å². The number of ether oxygens (including phenoxy) is 2. The van der Waals surface area contributed by atoms with Crippen LogP contribution in [0.4, 0.5) is 0 Å². The summed E-state index contributed by atoms with van der Waals surface area (Å²) < 4.78 is 10.4. The molecule has 0 unspecified atom stereocenters. The third-order valence-electron chi connectivity index (χ3n) is 2.15. The lowest BCUT2D eigenvalue weighted by molar-refractivity contribution is 0.0886. The van der Waals surface area contributed by atoms with Crippen molar-refractivity contribution in [2.24, 2.45) is 0 Å². The molecule has 0 amide bonds. The van der Waals surface area contributed by atoms with Crippen LogP contribution in [-0.2, 0) is 9.47 Å². The molecular weight excluding hydrogens is 202 g/mol. The molecule has 0 N–H and O–H groups in total. The second-order valence-corrected chi connectivity index (χ2v) is 3.62. The molecule has 16 heavy (non-hydrogen) atoms. The van der Waals surface area contributed by atoms with Crippen molar-refractivity contribution < 1.29 is 9.47 Å². The van der Waals surface area contributed by atoms with Crippen LogP contribution in [0.15, 0.2) is 0 Å². The van der Waals surface area contributed by atoms with Gasteiger partial charge >= 0.3 is 0 Å². The number of rotatable bonds is 10. The minimum Gasteiger partial charge on any atom is -0.385 e. The maximum Gasteiger partial charge on any atom is 0.0593 e. The van der Waals surface area contributed by atoms with E-state index in [2.05, 4.69) is 18.9 Å². The van der Waals surface area contributed by atoms with E-state index in [9.17, 15) is 0 Å². The highest BCUT2D eigenvalue weighted by Gasteiger charge is 1.96. The predicted octanol–water partition coefficient (Wildman–Crippen LogP) is 2.80. The largest absolute Gasteiger partial charge is 0.385 e. The van der Waals surface area contributed by atoms with Crippen molar-refractivity contribution >= 4 is 0 Å². The molecule has 0 saturated heterocycles. The van der Waals surface area contributed by atoms with Gasteiger partial charge in [-0.15, -0.1) is 0 Å². The Morgan fingerprint density at radius 3 is 2.19 bits per heavy atom. The summed E-state index contributed by atoms with van der Waals surface area (Å²) in [4.78, 5) is 2.32. The quantitative estimate of drug-likeness (QED) is 0.542. The zero-order valence-electron chi connectivity index (χ0n) is 11.9. The average Bonchev–Trinajstić information content (AvgIpc) is 2.33. The summed E-state index contributed by atoms with van der Waals surface area (Å²) in [6.07, 6.45) is 3.54. The van der Waals surface area contributed by atoms with E-state index in [-0.39, 0.29) is 0 Å². The molecule has 0 heterocycles. The van der Waals surface area contributed by atoms with Crippen molar-refractivity contribution in [3.05, 3.63) is 0 Å². The molecule has 0 aliphatic rings. The number of likely N-dealkylation sites (N-methyl/N-ethyl adjacent to an activating group) is 1. The van der Waals surface area contributed by atoms with Crippen LogP contribution in [0.5, 0.6) is 0 Å². The Kier molecular flexibility index (Phi) is 19.7. The molecule has 0 atom stereocenters. The van der Waals surface area contributed by atoms with Crippen molar-refractivity contribution in [3.63, 3.8) is 0 Å². The Morgan fingerprint density at radius 1 is 0.938 bits per heavy atom. The summed E-state index contributed by atoms with van der Waals surface area (Å²) in [6.45, 7) is 10.9. The molecule has 0 aliphatic heterocycles. The van der Waals surface area contributed by atoms with Gasteiger partial charge in [0.05, 0.1) is 6.61 Å². The van der Waals surface area contributed by atoms with Gasteiger partial charge in [-0.3, -0.25) is 0 Å². The first-order valence-corrected chi connectivity index (χ1v) is 6.56. The number of nitrogens with zero attached hydrogens (tertiary/aromatic N) is 1. The first kappa shape index (κ1) is 18.3. The normalized spacial score (nSPS) is 10.1. The molecule has 3 nitrogen and oxygen atoms in total. The zero-order chi connectivity index (χ0) is 12.6. The highest BCUT2D eigenvalue weighted by Crippen LogP contribution is 1.91. The van der Waals surface area contributed by atoms with Gasteiger partial charge < -0.3 is 14.4 Å². The topological polar surface area (TPSA) is 21.7 Å².